The van der Waals surface area contributed by atoms with Gasteiger partial charge in [-0.3, -0.25) is 38.4 Å². The summed E-state index contributed by atoms with van der Waals surface area (Å²) in [4.78, 5) is 115. The molecule has 6 atom stereocenters. The van der Waals surface area contributed by atoms with Crippen molar-refractivity contribution in [1.82, 2.24) is 31.5 Å². The van der Waals surface area contributed by atoms with Crippen molar-refractivity contribution >= 4 is 65.0 Å². The Morgan fingerprint density at radius 1 is 0.827 bits per heavy atom. The van der Waals surface area contributed by atoms with Gasteiger partial charge in [-0.2, -0.15) is 11.8 Å². The normalized spacial score (nSPS) is 16.7. The summed E-state index contributed by atoms with van der Waals surface area (Å²) >= 11 is 1.36. The van der Waals surface area contributed by atoms with Gasteiger partial charge in [0.05, 0.1) is 19.6 Å². The Kier molecular flexibility index (Phi) is 20.9. The second-order valence-corrected chi connectivity index (χ2v) is 13.1. The van der Waals surface area contributed by atoms with Crippen LogP contribution in [0.3, 0.4) is 0 Å². The second kappa shape index (κ2) is 23.8. The standard InChI is InChI=1S/C30H52N10O11S/c1-52-12-9-19(30(50)51)38-27(47)18(7-8-22(33)42)37-28(48)21-6-4-11-40(21)29(49)20(13-23(34)43)39-26(46)17(5-2-3-10-31)36-24(44)14-35-25(45)16(32)15-41/h16-21,41H,2-15,31-32H2,1H3,(H2,33,42)(H2,34,43)(H,35,45)(H,36,44)(H,37,48)(H,38,47)(H,39,46)(H,50,51)/t16-,17-,18-,19-,20-,21-/m0/s1. The Morgan fingerprint density at radius 3 is 2.02 bits per heavy atom. The summed E-state index contributed by atoms with van der Waals surface area (Å²) in [5.41, 5.74) is 21.6. The molecule has 22 heteroatoms. The van der Waals surface area contributed by atoms with Crippen molar-refractivity contribution in [3.05, 3.63) is 0 Å². The van der Waals surface area contributed by atoms with Crippen LogP contribution >= 0.6 is 11.8 Å². The molecule has 0 radical (unpaired) electrons. The molecule has 1 rings (SSSR count). The van der Waals surface area contributed by atoms with Crippen molar-refractivity contribution in [3.8, 4) is 0 Å². The first kappa shape index (κ1) is 45.5. The zero-order valence-corrected chi connectivity index (χ0v) is 29.9. The number of rotatable bonds is 25. The van der Waals surface area contributed by atoms with Crippen LogP contribution in [0.25, 0.3) is 0 Å². The number of unbranched alkanes of at least 4 members (excludes halogenated alkanes) is 1. The van der Waals surface area contributed by atoms with Crippen LogP contribution in [0.2, 0.25) is 0 Å². The molecule has 0 aromatic carbocycles. The van der Waals surface area contributed by atoms with E-state index in [1.54, 1.807) is 6.26 Å². The summed E-state index contributed by atoms with van der Waals surface area (Å²) in [5, 5.41) is 30.5. The molecule has 1 saturated heterocycles. The zero-order valence-electron chi connectivity index (χ0n) is 29.1. The Morgan fingerprint density at radius 2 is 1.46 bits per heavy atom. The first-order valence-corrected chi connectivity index (χ1v) is 18.1. The SMILES string of the molecule is CSCC[C@H](NC(=O)[C@H](CCC(N)=O)NC(=O)[C@@H]1CCCN1C(=O)[C@H](CC(N)=O)NC(=O)[C@H](CCCCN)NC(=O)CNC(=O)[C@@H](N)CO)C(=O)O. The van der Waals surface area contributed by atoms with E-state index in [1.807, 2.05) is 0 Å². The monoisotopic (exact) mass is 760 g/mol. The van der Waals surface area contributed by atoms with E-state index in [1.165, 1.54) is 11.8 Å². The number of carbonyl (C=O) groups is 9. The predicted molar refractivity (Wildman–Crippen MR) is 186 cm³/mol. The number of aliphatic hydroxyl groups is 1. The molecule has 0 aromatic heterocycles. The third-order valence-corrected chi connectivity index (χ3v) is 8.60. The van der Waals surface area contributed by atoms with Crippen LogP contribution in [0.15, 0.2) is 0 Å². The third kappa shape index (κ3) is 16.2. The topological polar surface area (TPSA) is 362 Å². The first-order valence-electron chi connectivity index (χ1n) is 16.7. The van der Waals surface area contributed by atoms with E-state index in [-0.39, 0.29) is 45.2 Å². The van der Waals surface area contributed by atoms with Crippen molar-refractivity contribution in [2.24, 2.45) is 22.9 Å². The molecule has 52 heavy (non-hydrogen) atoms. The summed E-state index contributed by atoms with van der Waals surface area (Å²) in [6, 6.07) is -7.95. The van der Waals surface area contributed by atoms with Crippen LogP contribution in [0.1, 0.15) is 57.8 Å². The van der Waals surface area contributed by atoms with Crippen LogP contribution in [0.5, 0.6) is 0 Å². The van der Waals surface area contributed by atoms with Gasteiger partial charge in [0.15, 0.2) is 0 Å². The molecule has 1 aliphatic heterocycles. The molecule has 1 heterocycles. The Hall–Kier alpha value is -4.54. The van der Waals surface area contributed by atoms with Crippen molar-refractivity contribution in [1.29, 1.82) is 0 Å². The average Bonchev–Trinajstić information content (AvgIpc) is 3.59. The maximum absolute atomic E-state index is 13.8. The highest BCUT2D eigenvalue weighted by Gasteiger charge is 2.40. The molecule has 15 N–H and O–H groups in total. The molecule has 294 valence electrons. The third-order valence-electron chi connectivity index (χ3n) is 7.95. The largest absolute Gasteiger partial charge is 0.480 e. The minimum absolute atomic E-state index is 0.0162. The van der Waals surface area contributed by atoms with E-state index < -0.39 is 109 Å². The van der Waals surface area contributed by atoms with E-state index >= 15 is 0 Å². The molecule has 0 bridgehead atoms. The number of primary amides is 2. The van der Waals surface area contributed by atoms with Crippen LogP contribution in [0.4, 0.5) is 0 Å². The number of carboxylic acids is 1. The molecule has 21 nitrogen and oxygen atoms in total. The van der Waals surface area contributed by atoms with Crippen LogP contribution < -0.4 is 49.5 Å². The Labute approximate surface area is 304 Å². The number of aliphatic hydroxyl groups excluding tert-OH is 1. The molecular weight excluding hydrogens is 708 g/mol. The summed E-state index contributed by atoms with van der Waals surface area (Å²) in [6.45, 7) is -0.956. The predicted octanol–water partition coefficient (Wildman–Crippen LogP) is -5.54. The lowest BCUT2D eigenvalue weighted by atomic mass is 10.1. The van der Waals surface area contributed by atoms with Crippen LogP contribution in [-0.4, -0.2) is 143 Å². The van der Waals surface area contributed by atoms with E-state index in [2.05, 4.69) is 26.6 Å². The van der Waals surface area contributed by atoms with Gasteiger partial charge in [0, 0.05) is 13.0 Å². The van der Waals surface area contributed by atoms with E-state index in [4.69, 9.17) is 28.0 Å². The van der Waals surface area contributed by atoms with Gasteiger partial charge < -0.3 is 64.6 Å². The van der Waals surface area contributed by atoms with Crippen molar-refractivity contribution in [2.45, 2.75) is 94.0 Å². The van der Waals surface area contributed by atoms with Crippen molar-refractivity contribution < 1.29 is 53.4 Å². The lowest BCUT2D eigenvalue weighted by molar-refractivity contribution is -0.144. The van der Waals surface area contributed by atoms with E-state index in [0.717, 1.165) is 4.90 Å². The second-order valence-electron chi connectivity index (χ2n) is 12.1. The van der Waals surface area contributed by atoms with Gasteiger partial charge in [0.25, 0.3) is 0 Å². The Balaban J connectivity index is 3.18. The molecule has 1 fully saturated rings. The van der Waals surface area contributed by atoms with Crippen LogP contribution in [-0.2, 0) is 43.2 Å². The highest BCUT2D eigenvalue weighted by molar-refractivity contribution is 7.98. The summed E-state index contributed by atoms with van der Waals surface area (Å²) in [6.07, 6.45) is 1.91. The number of amides is 8. The summed E-state index contributed by atoms with van der Waals surface area (Å²) in [7, 11) is 0. The van der Waals surface area contributed by atoms with Crippen LogP contribution in [0, 0.1) is 0 Å². The number of thioether (sulfide) groups is 1. The zero-order chi connectivity index (χ0) is 39.4. The quantitative estimate of drug-likeness (QED) is 0.0387. The first-order chi connectivity index (χ1) is 24.6. The molecular formula is C30H52N10O11S. The number of hydrogen-bond acceptors (Lipinski definition) is 13. The Bertz CT molecular complexity index is 1290. The molecule has 8 amide bonds. The van der Waals surface area contributed by atoms with Gasteiger partial charge in [-0.1, -0.05) is 0 Å². The van der Waals surface area contributed by atoms with E-state index in [9.17, 15) is 48.3 Å². The average molecular weight is 761 g/mol. The van der Waals surface area contributed by atoms with Gasteiger partial charge in [-0.15, -0.1) is 0 Å². The van der Waals surface area contributed by atoms with Crippen molar-refractivity contribution in [3.63, 3.8) is 0 Å². The van der Waals surface area contributed by atoms with Gasteiger partial charge in [0.1, 0.15) is 36.3 Å². The summed E-state index contributed by atoms with van der Waals surface area (Å²) < 4.78 is 0. The highest BCUT2D eigenvalue weighted by Crippen LogP contribution is 2.20. The van der Waals surface area contributed by atoms with Gasteiger partial charge in [0.2, 0.25) is 47.3 Å². The fraction of sp³-hybridized carbons (Fsp3) is 0.700. The number of nitrogens with two attached hydrogens (primary N) is 4. The van der Waals surface area contributed by atoms with E-state index in [0.29, 0.717) is 25.0 Å². The lowest BCUT2D eigenvalue weighted by Gasteiger charge is -2.30. The van der Waals surface area contributed by atoms with Crippen molar-refractivity contribution in [2.75, 3.05) is 38.2 Å². The molecule has 0 unspecified atom stereocenters. The maximum Gasteiger partial charge on any atom is 0.326 e. The molecule has 1 aliphatic rings. The smallest absolute Gasteiger partial charge is 0.326 e. The number of nitrogens with one attached hydrogen (secondary N) is 5. The van der Waals surface area contributed by atoms with Gasteiger partial charge >= 0.3 is 5.97 Å². The molecule has 0 spiro atoms. The summed E-state index contributed by atoms with van der Waals surface area (Å²) in [5.74, 6) is -7.66. The number of likely N-dealkylation sites (tertiary alicyclic amines) is 1. The fourth-order valence-electron chi connectivity index (χ4n) is 5.15. The number of carboxylic acid groups (broad SMARTS) is 1. The number of carbonyl (C=O) groups excluding carboxylic acids is 8. The molecule has 0 saturated carbocycles. The van der Waals surface area contributed by atoms with Gasteiger partial charge in [-0.25, -0.2) is 4.79 Å². The number of aliphatic carboxylic acids is 1. The number of nitrogens with zero attached hydrogens (tertiary/aromatic N) is 1. The molecule has 0 aromatic rings. The highest BCUT2D eigenvalue weighted by atomic mass is 32.2. The minimum Gasteiger partial charge on any atom is -0.480 e. The fourth-order valence-corrected chi connectivity index (χ4v) is 5.63. The maximum atomic E-state index is 13.8. The van der Waals surface area contributed by atoms with Gasteiger partial charge in [-0.05, 0) is 63.5 Å². The molecule has 0 aliphatic carbocycles. The minimum atomic E-state index is -1.57. The lowest BCUT2D eigenvalue weighted by Crippen LogP contribution is -2.59. The number of hydrogen-bond donors (Lipinski definition) is 11.